The third-order valence-corrected chi connectivity index (χ3v) is 13.9. The lowest BCUT2D eigenvalue weighted by molar-refractivity contribution is 0.669. The van der Waals surface area contributed by atoms with Gasteiger partial charge in [0.15, 0.2) is 0 Å². The summed E-state index contributed by atoms with van der Waals surface area (Å²) in [6.45, 7) is 0. The first-order chi connectivity index (χ1) is 33.2. The maximum Gasteiger partial charge on any atom is 0.135 e. The average molecular weight is 854 g/mol. The van der Waals surface area contributed by atoms with Crippen LogP contribution in [-0.2, 0) is 5.41 Å². The fraction of sp³-hybridized carbons (Fsp3) is 0.0154. The van der Waals surface area contributed by atoms with Crippen molar-refractivity contribution in [3.63, 3.8) is 0 Å². The monoisotopic (exact) mass is 853 g/mol. The molecule has 0 amide bonds. The minimum Gasteiger partial charge on any atom is -0.456 e. The van der Waals surface area contributed by atoms with Gasteiger partial charge in [0.05, 0.1) is 5.41 Å². The second-order valence-corrected chi connectivity index (χ2v) is 17.6. The number of benzene rings is 11. The van der Waals surface area contributed by atoms with Gasteiger partial charge in [0.2, 0.25) is 0 Å². The van der Waals surface area contributed by atoms with Crippen LogP contribution in [0, 0.1) is 0 Å². The van der Waals surface area contributed by atoms with Crippen molar-refractivity contribution in [2.75, 3.05) is 4.90 Å². The van der Waals surface area contributed by atoms with Gasteiger partial charge >= 0.3 is 0 Å². The van der Waals surface area contributed by atoms with Gasteiger partial charge in [-0.05, 0) is 138 Å². The van der Waals surface area contributed by atoms with Crippen molar-refractivity contribution in [1.29, 1.82) is 0 Å². The van der Waals surface area contributed by atoms with Gasteiger partial charge < -0.3 is 9.32 Å². The van der Waals surface area contributed by atoms with E-state index >= 15 is 0 Å². The van der Waals surface area contributed by atoms with Gasteiger partial charge in [-0.15, -0.1) is 0 Å². The number of nitrogens with zero attached hydrogens (tertiary/aromatic N) is 1. The number of rotatable bonds is 8. The second kappa shape index (κ2) is 15.8. The van der Waals surface area contributed by atoms with Crippen molar-refractivity contribution in [3.05, 3.63) is 283 Å². The van der Waals surface area contributed by atoms with Crippen LogP contribution >= 0.6 is 0 Å². The summed E-state index contributed by atoms with van der Waals surface area (Å²) in [5, 5.41) is 4.70. The lowest BCUT2D eigenvalue weighted by atomic mass is 9.67. The van der Waals surface area contributed by atoms with E-state index in [1.165, 1.54) is 77.5 Å². The zero-order valence-electron chi connectivity index (χ0n) is 36.7. The number of furan rings is 1. The molecule has 314 valence electrons. The largest absolute Gasteiger partial charge is 0.456 e. The molecule has 1 aromatic heterocycles. The number of anilines is 3. The van der Waals surface area contributed by atoms with Crippen molar-refractivity contribution in [2.45, 2.75) is 5.41 Å². The molecule has 13 rings (SSSR count). The fourth-order valence-electron chi connectivity index (χ4n) is 10.9. The Morgan fingerprint density at radius 1 is 0.284 bits per heavy atom. The van der Waals surface area contributed by atoms with E-state index in [2.05, 4.69) is 254 Å². The number of fused-ring (bicyclic) bond motifs is 7. The maximum atomic E-state index is 6.35. The normalized spacial score (nSPS) is 12.6. The summed E-state index contributed by atoms with van der Waals surface area (Å²) in [6.07, 6.45) is 0. The van der Waals surface area contributed by atoms with Crippen LogP contribution in [0.5, 0.6) is 0 Å². The zero-order valence-corrected chi connectivity index (χ0v) is 36.7. The number of hydrogen-bond acceptors (Lipinski definition) is 2. The molecule has 0 saturated heterocycles. The van der Waals surface area contributed by atoms with Crippen molar-refractivity contribution >= 4 is 49.8 Å². The molecule has 2 nitrogen and oxygen atoms in total. The summed E-state index contributed by atoms with van der Waals surface area (Å²) >= 11 is 0. The topological polar surface area (TPSA) is 16.4 Å². The zero-order chi connectivity index (χ0) is 44.3. The highest BCUT2D eigenvalue weighted by atomic mass is 16.3. The van der Waals surface area contributed by atoms with Gasteiger partial charge in [-0.25, -0.2) is 0 Å². The number of para-hydroxylation sites is 1. The van der Waals surface area contributed by atoms with E-state index in [9.17, 15) is 0 Å². The summed E-state index contributed by atoms with van der Waals surface area (Å²) in [6, 6.07) is 95.3. The Labute approximate surface area is 390 Å². The predicted octanol–water partition coefficient (Wildman–Crippen LogP) is 17.6. The molecule has 0 atom stereocenters. The van der Waals surface area contributed by atoms with Gasteiger partial charge in [-0.3, -0.25) is 0 Å². The molecule has 1 heterocycles. The molecular weight excluding hydrogens is 811 g/mol. The van der Waals surface area contributed by atoms with Gasteiger partial charge in [0.25, 0.3) is 0 Å². The lowest BCUT2D eigenvalue weighted by Gasteiger charge is -2.35. The number of hydrogen-bond donors (Lipinski definition) is 0. The first-order valence-corrected chi connectivity index (χ1v) is 23.1. The molecule has 0 N–H and O–H groups in total. The molecule has 0 spiro atoms. The molecule has 0 unspecified atom stereocenters. The van der Waals surface area contributed by atoms with E-state index in [0.29, 0.717) is 0 Å². The van der Waals surface area contributed by atoms with E-state index in [1.807, 2.05) is 12.1 Å². The SMILES string of the molecule is c1ccc(-c2ccc(N(c3ccc4c(c3)C(c3ccccc3)(c3ccccc3)c3cc(-c5cccc(-c6cccc7ccccc67)c5)ccc3-4)c3ccc4oc5ccccc5c4c3)cc2)cc1. The first-order valence-electron chi connectivity index (χ1n) is 23.1. The minimum absolute atomic E-state index is 0.625. The Kier molecular flexibility index (Phi) is 9.11. The highest BCUT2D eigenvalue weighted by molar-refractivity contribution is 6.07. The molecule has 1 aliphatic carbocycles. The van der Waals surface area contributed by atoms with Crippen molar-refractivity contribution in [3.8, 4) is 44.5 Å². The van der Waals surface area contributed by atoms with E-state index in [0.717, 1.165) is 39.0 Å². The standard InChI is InChI=1S/C65H43NO/c1-4-16-44(17-5-1)45-30-33-52(34-31-45)66(53-36-39-64-60(42-53)59-27-12-13-29-63(59)67-64)54-35-38-58-57-37-32-48(47-20-14-21-49(40-47)56-28-15-19-46-18-10-11-26-55(46)56)41-61(57)65(62(58)43-54,50-22-6-2-7-23-50)51-24-8-3-9-25-51/h1-43H. The summed E-state index contributed by atoms with van der Waals surface area (Å²) in [5.41, 5.74) is 19.0. The van der Waals surface area contributed by atoms with Gasteiger partial charge in [0, 0.05) is 27.8 Å². The minimum atomic E-state index is -0.625. The second-order valence-electron chi connectivity index (χ2n) is 17.6. The van der Waals surface area contributed by atoms with E-state index < -0.39 is 5.41 Å². The summed E-state index contributed by atoms with van der Waals surface area (Å²) < 4.78 is 6.35. The van der Waals surface area contributed by atoms with E-state index in [-0.39, 0.29) is 0 Å². The van der Waals surface area contributed by atoms with Crippen LogP contribution in [0.3, 0.4) is 0 Å². The molecule has 1 aliphatic rings. The molecule has 0 radical (unpaired) electrons. The van der Waals surface area contributed by atoms with E-state index in [1.54, 1.807) is 0 Å². The Balaban J connectivity index is 1.02. The Bertz CT molecular complexity index is 3750. The summed E-state index contributed by atoms with van der Waals surface area (Å²) in [7, 11) is 0. The van der Waals surface area contributed by atoms with Crippen LogP contribution < -0.4 is 4.90 Å². The van der Waals surface area contributed by atoms with Crippen LogP contribution in [0.15, 0.2) is 265 Å². The molecule has 0 bridgehead atoms. The van der Waals surface area contributed by atoms with Crippen LogP contribution in [0.1, 0.15) is 22.3 Å². The van der Waals surface area contributed by atoms with Crippen LogP contribution in [0.2, 0.25) is 0 Å². The first kappa shape index (κ1) is 38.7. The Morgan fingerprint density at radius 3 is 1.57 bits per heavy atom. The lowest BCUT2D eigenvalue weighted by Crippen LogP contribution is -2.28. The highest BCUT2D eigenvalue weighted by Crippen LogP contribution is 2.58. The molecule has 0 aliphatic heterocycles. The highest BCUT2D eigenvalue weighted by Gasteiger charge is 2.46. The summed E-state index contributed by atoms with van der Waals surface area (Å²) in [5.74, 6) is 0. The van der Waals surface area contributed by atoms with Crippen LogP contribution in [-0.4, -0.2) is 0 Å². The summed E-state index contributed by atoms with van der Waals surface area (Å²) in [4.78, 5) is 2.41. The van der Waals surface area contributed by atoms with Gasteiger partial charge in [-0.1, -0.05) is 200 Å². The maximum absolute atomic E-state index is 6.35. The quantitative estimate of drug-likeness (QED) is 0.151. The van der Waals surface area contributed by atoms with E-state index in [4.69, 9.17) is 4.42 Å². The van der Waals surface area contributed by atoms with Gasteiger partial charge in [-0.2, -0.15) is 0 Å². The van der Waals surface area contributed by atoms with Crippen molar-refractivity contribution < 1.29 is 4.42 Å². The predicted molar refractivity (Wildman–Crippen MR) is 280 cm³/mol. The molecule has 0 fully saturated rings. The molecule has 12 aromatic rings. The van der Waals surface area contributed by atoms with Crippen LogP contribution in [0.25, 0.3) is 77.2 Å². The molecule has 11 aromatic carbocycles. The average Bonchev–Trinajstić information content (AvgIpc) is 3.92. The third kappa shape index (κ3) is 6.33. The van der Waals surface area contributed by atoms with Crippen molar-refractivity contribution in [2.24, 2.45) is 0 Å². The smallest absolute Gasteiger partial charge is 0.135 e. The Morgan fingerprint density at radius 2 is 0.791 bits per heavy atom. The third-order valence-electron chi connectivity index (χ3n) is 13.9. The fourth-order valence-corrected chi connectivity index (χ4v) is 10.9. The van der Waals surface area contributed by atoms with Crippen molar-refractivity contribution in [1.82, 2.24) is 0 Å². The molecule has 67 heavy (non-hydrogen) atoms. The molecule has 0 saturated carbocycles. The van der Waals surface area contributed by atoms with Crippen LogP contribution in [0.4, 0.5) is 17.1 Å². The molecule has 2 heteroatoms. The Hall–Kier alpha value is -8.72. The molecular formula is C65H43NO. The van der Waals surface area contributed by atoms with Gasteiger partial charge in [0.1, 0.15) is 11.2 Å².